The van der Waals surface area contributed by atoms with E-state index >= 15 is 0 Å². The van der Waals surface area contributed by atoms with E-state index in [1.54, 1.807) is 24.1 Å². The van der Waals surface area contributed by atoms with Crippen molar-refractivity contribution in [3.63, 3.8) is 0 Å². The number of amides is 2. The second-order valence-electron chi connectivity index (χ2n) is 5.47. The van der Waals surface area contributed by atoms with Crippen molar-refractivity contribution in [3.8, 4) is 5.75 Å². The van der Waals surface area contributed by atoms with Crippen LogP contribution in [0.1, 0.15) is 19.8 Å². The Balaban J connectivity index is 2.13. The summed E-state index contributed by atoms with van der Waals surface area (Å²) in [4.78, 5) is 26.9. The molecule has 21 heavy (non-hydrogen) atoms. The molecule has 0 bridgehead atoms. The molecule has 1 saturated heterocycles. The molecule has 1 aliphatic heterocycles. The van der Waals surface area contributed by atoms with Crippen molar-refractivity contribution in [1.82, 2.24) is 4.90 Å². The molecule has 114 valence electrons. The fourth-order valence-corrected chi connectivity index (χ4v) is 2.67. The third-order valence-electron chi connectivity index (χ3n) is 4.26. The smallest absolute Gasteiger partial charge is 0.324 e. The molecule has 1 atom stereocenters. The monoisotopic (exact) mass is 292 g/mol. The van der Waals surface area contributed by atoms with Gasteiger partial charge in [-0.15, -0.1) is 0 Å². The number of hydrogen-bond donors (Lipinski definition) is 2. The highest BCUT2D eigenvalue weighted by atomic mass is 16.4. The molecule has 1 aromatic carbocycles. The molecule has 6 nitrogen and oxygen atoms in total. The number of nitrogens with zero attached hydrogens (tertiary/aromatic N) is 2. The van der Waals surface area contributed by atoms with Crippen LogP contribution in [-0.4, -0.2) is 47.3 Å². The summed E-state index contributed by atoms with van der Waals surface area (Å²) in [5, 5.41) is 18.8. The van der Waals surface area contributed by atoms with Crippen LogP contribution in [-0.2, 0) is 4.79 Å². The molecule has 1 aliphatic rings. The number of hydrogen-bond acceptors (Lipinski definition) is 3. The summed E-state index contributed by atoms with van der Waals surface area (Å²) in [6, 6.07) is 6.16. The van der Waals surface area contributed by atoms with Crippen molar-refractivity contribution < 1.29 is 19.8 Å². The summed E-state index contributed by atoms with van der Waals surface area (Å²) in [6.07, 6.45) is 0.973. The van der Waals surface area contributed by atoms with E-state index in [1.165, 1.54) is 17.0 Å². The fraction of sp³-hybridized carbons (Fsp3) is 0.467. The molecule has 6 heteroatoms. The summed E-state index contributed by atoms with van der Waals surface area (Å²) >= 11 is 0. The van der Waals surface area contributed by atoms with Gasteiger partial charge in [0.05, 0.1) is 5.41 Å². The number of benzene rings is 1. The number of carboxylic acid groups (broad SMARTS) is 1. The van der Waals surface area contributed by atoms with Gasteiger partial charge in [-0.05, 0) is 25.0 Å². The number of carbonyl (C=O) groups excluding carboxylic acids is 1. The zero-order valence-electron chi connectivity index (χ0n) is 12.2. The molecule has 0 aromatic heterocycles. The van der Waals surface area contributed by atoms with Crippen LogP contribution in [0.25, 0.3) is 0 Å². The normalized spacial score (nSPS) is 21.3. The molecule has 2 amide bonds. The minimum Gasteiger partial charge on any atom is -0.508 e. The van der Waals surface area contributed by atoms with E-state index in [1.807, 2.05) is 6.92 Å². The van der Waals surface area contributed by atoms with Crippen molar-refractivity contribution in [2.24, 2.45) is 5.41 Å². The van der Waals surface area contributed by atoms with E-state index < -0.39 is 11.4 Å². The van der Waals surface area contributed by atoms with E-state index in [0.717, 1.165) is 0 Å². The second kappa shape index (κ2) is 5.63. The average Bonchev–Trinajstić information content (AvgIpc) is 2.91. The fourth-order valence-electron chi connectivity index (χ4n) is 2.67. The summed E-state index contributed by atoms with van der Waals surface area (Å²) < 4.78 is 0. The Morgan fingerprint density at radius 3 is 2.67 bits per heavy atom. The molecule has 0 spiro atoms. The number of carbonyl (C=O) groups is 2. The number of aromatic hydroxyl groups is 1. The highest BCUT2D eigenvalue weighted by molar-refractivity contribution is 5.92. The van der Waals surface area contributed by atoms with E-state index in [0.29, 0.717) is 25.1 Å². The number of urea groups is 1. The Bertz CT molecular complexity index is 560. The highest BCUT2D eigenvalue weighted by Crippen LogP contribution is 2.35. The maximum Gasteiger partial charge on any atom is 0.324 e. The largest absolute Gasteiger partial charge is 0.508 e. The van der Waals surface area contributed by atoms with Gasteiger partial charge in [0.2, 0.25) is 0 Å². The molecule has 0 radical (unpaired) electrons. The minimum atomic E-state index is -0.847. The first kappa shape index (κ1) is 15.2. The maximum atomic E-state index is 12.5. The quantitative estimate of drug-likeness (QED) is 0.894. The standard InChI is InChI=1S/C15H20N2O4/c1-3-15(13(19)20)7-8-17(10-15)14(21)16(2)11-5-4-6-12(18)9-11/h4-6,9,18H,3,7-8,10H2,1-2H3,(H,19,20). The zero-order valence-corrected chi connectivity index (χ0v) is 12.2. The predicted octanol–water partition coefficient (Wildman–Crippen LogP) is 2.14. The highest BCUT2D eigenvalue weighted by Gasteiger charge is 2.45. The van der Waals surface area contributed by atoms with Crippen molar-refractivity contribution in [3.05, 3.63) is 24.3 Å². The molecule has 1 aromatic rings. The van der Waals surface area contributed by atoms with Crippen molar-refractivity contribution in [1.29, 1.82) is 0 Å². The van der Waals surface area contributed by atoms with Gasteiger partial charge in [-0.3, -0.25) is 9.69 Å². The third kappa shape index (κ3) is 2.79. The first-order chi connectivity index (χ1) is 9.89. The number of aliphatic carboxylic acids is 1. The van der Waals surface area contributed by atoms with Gasteiger partial charge >= 0.3 is 12.0 Å². The molecule has 1 unspecified atom stereocenters. The summed E-state index contributed by atoms with van der Waals surface area (Å²) in [6.45, 7) is 2.49. The molecule has 1 heterocycles. The number of likely N-dealkylation sites (tertiary alicyclic amines) is 1. The Morgan fingerprint density at radius 1 is 1.43 bits per heavy atom. The van der Waals surface area contributed by atoms with Crippen molar-refractivity contribution in [2.45, 2.75) is 19.8 Å². The van der Waals surface area contributed by atoms with Crippen LogP contribution in [0.5, 0.6) is 5.75 Å². The number of phenols is 1. The minimum absolute atomic E-state index is 0.0852. The topological polar surface area (TPSA) is 81.1 Å². The van der Waals surface area contributed by atoms with Crippen LogP contribution < -0.4 is 4.90 Å². The van der Waals surface area contributed by atoms with Crippen LogP contribution in [0.15, 0.2) is 24.3 Å². The van der Waals surface area contributed by atoms with Gasteiger partial charge in [0.15, 0.2) is 0 Å². The Morgan fingerprint density at radius 2 is 2.14 bits per heavy atom. The van der Waals surface area contributed by atoms with Gasteiger partial charge < -0.3 is 15.1 Å². The van der Waals surface area contributed by atoms with Gasteiger partial charge in [-0.2, -0.15) is 0 Å². The van der Waals surface area contributed by atoms with Gasteiger partial charge in [-0.25, -0.2) is 4.79 Å². The van der Waals surface area contributed by atoms with E-state index in [2.05, 4.69) is 0 Å². The summed E-state index contributed by atoms with van der Waals surface area (Å²) in [5.41, 5.74) is -0.265. The lowest BCUT2D eigenvalue weighted by Crippen LogP contribution is -2.42. The van der Waals surface area contributed by atoms with Crippen molar-refractivity contribution >= 4 is 17.7 Å². The first-order valence-corrected chi connectivity index (χ1v) is 6.95. The predicted molar refractivity (Wildman–Crippen MR) is 78.5 cm³/mol. The lowest BCUT2D eigenvalue weighted by atomic mass is 9.84. The van der Waals surface area contributed by atoms with Crippen LogP contribution >= 0.6 is 0 Å². The Hall–Kier alpha value is -2.24. The first-order valence-electron chi connectivity index (χ1n) is 6.95. The molecular formula is C15H20N2O4. The van der Waals surface area contributed by atoms with E-state index in [9.17, 15) is 19.8 Å². The maximum absolute atomic E-state index is 12.5. The SMILES string of the molecule is CCC1(C(=O)O)CCN(C(=O)N(C)c2cccc(O)c2)C1. The van der Waals surface area contributed by atoms with Crippen molar-refractivity contribution in [2.75, 3.05) is 25.0 Å². The number of carboxylic acids is 1. The van der Waals surface area contributed by atoms with Crippen LogP contribution in [0.4, 0.5) is 10.5 Å². The summed E-state index contributed by atoms with van der Waals surface area (Å²) in [7, 11) is 1.61. The second-order valence-corrected chi connectivity index (χ2v) is 5.47. The third-order valence-corrected chi connectivity index (χ3v) is 4.26. The zero-order chi connectivity index (χ0) is 15.6. The molecule has 2 N–H and O–H groups in total. The van der Waals surface area contributed by atoms with Gasteiger partial charge in [0, 0.05) is 31.9 Å². The van der Waals surface area contributed by atoms with Crippen LogP contribution in [0.3, 0.4) is 0 Å². The van der Waals surface area contributed by atoms with Crippen LogP contribution in [0, 0.1) is 5.41 Å². The van der Waals surface area contributed by atoms with E-state index in [-0.39, 0.29) is 18.3 Å². The molecule has 0 aliphatic carbocycles. The number of phenolic OH excluding ortho intramolecular Hbond substituents is 1. The summed E-state index contributed by atoms with van der Waals surface area (Å²) in [5.74, 6) is -0.762. The molecular weight excluding hydrogens is 272 g/mol. The molecule has 2 rings (SSSR count). The van der Waals surface area contributed by atoms with Gasteiger partial charge in [-0.1, -0.05) is 13.0 Å². The number of rotatable bonds is 3. The Labute approximate surface area is 123 Å². The lowest BCUT2D eigenvalue weighted by molar-refractivity contribution is -0.148. The van der Waals surface area contributed by atoms with Gasteiger partial charge in [0.1, 0.15) is 5.75 Å². The average molecular weight is 292 g/mol. The van der Waals surface area contributed by atoms with Crippen LogP contribution in [0.2, 0.25) is 0 Å². The van der Waals surface area contributed by atoms with Gasteiger partial charge in [0.25, 0.3) is 0 Å². The number of anilines is 1. The lowest BCUT2D eigenvalue weighted by Gasteiger charge is -2.27. The van der Waals surface area contributed by atoms with E-state index in [4.69, 9.17) is 0 Å². The molecule has 1 fully saturated rings. The Kier molecular flexibility index (Phi) is 4.06. The molecule has 0 saturated carbocycles.